The molecule has 0 bridgehead atoms. The minimum atomic E-state index is 0.108. The van der Waals surface area contributed by atoms with Gasteiger partial charge in [0.25, 0.3) is 5.91 Å². The van der Waals surface area contributed by atoms with Crippen molar-refractivity contribution in [3.63, 3.8) is 0 Å². The number of nitrogens with zero attached hydrogens (tertiary/aromatic N) is 2. The highest BCUT2D eigenvalue weighted by molar-refractivity contribution is 9.10. The van der Waals surface area contributed by atoms with Crippen molar-refractivity contribution in [3.8, 4) is 11.3 Å². The first-order chi connectivity index (χ1) is 12.1. The van der Waals surface area contributed by atoms with Gasteiger partial charge in [0.2, 0.25) is 0 Å². The zero-order valence-electron chi connectivity index (χ0n) is 14.1. The van der Waals surface area contributed by atoms with Gasteiger partial charge in [0.05, 0.1) is 16.8 Å². The van der Waals surface area contributed by atoms with Gasteiger partial charge in [-0.1, -0.05) is 39.7 Å². The molecule has 1 aliphatic rings. The third kappa shape index (κ3) is 3.19. The Morgan fingerprint density at radius 3 is 2.64 bits per heavy atom. The lowest BCUT2D eigenvalue weighted by molar-refractivity contribution is 0.0794. The lowest BCUT2D eigenvalue weighted by Crippen LogP contribution is -2.27. The molecule has 1 aromatic heterocycles. The van der Waals surface area contributed by atoms with E-state index in [1.165, 1.54) is 5.56 Å². The summed E-state index contributed by atoms with van der Waals surface area (Å²) >= 11 is 3.52. The molecule has 0 unspecified atom stereocenters. The number of hydrogen-bond donors (Lipinski definition) is 0. The lowest BCUT2D eigenvalue weighted by atomic mass is 10.0. The van der Waals surface area contributed by atoms with Crippen molar-refractivity contribution < 1.29 is 4.79 Å². The molecule has 0 aliphatic carbocycles. The minimum absolute atomic E-state index is 0.108. The van der Waals surface area contributed by atoms with Crippen molar-refractivity contribution in [3.05, 3.63) is 64.1 Å². The highest BCUT2D eigenvalue weighted by Gasteiger charge is 2.22. The number of likely N-dealkylation sites (tertiary alicyclic amines) is 1. The Bertz CT molecular complexity index is 961. The van der Waals surface area contributed by atoms with Crippen molar-refractivity contribution in [1.29, 1.82) is 0 Å². The summed E-state index contributed by atoms with van der Waals surface area (Å²) in [5, 5.41) is 0.905. The largest absolute Gasteiger partial charge is 0.339 e. The third-order valence-corrected chi connectivity index (χ3v) is 5.20. The summed E-state index contributed by atoms with van der Waals surface area (Å²) < 4.78 is 0.959. The highest BCUT2D eigenvalue weighted by atomic mass is 79.9. The minimum Gasteiger partial charge on any atom is -0.339 e. The zero-order chi connectivity index (χ0) is 17.4. The summed E-state index contributed by atoms with van der Waals surface area (Å²) in [5.41, 5.74) is 4.67. The summed E-state index contributed by atoms with van der Waals surface area (Å²) in [6.45, 7) is 3.75. The van der Waals surface area contributed by atoms with E-state index in [0.29, 0.717) is 0 Å². The molecule has 4 rings (SSSR count). The maximum absolute atomic E-state index is 13.1. The van der Waals surface area contributed by atoms with E-state index in [-0.39, 0.29) is 5.91 Å². The first-order valence-electron chi connectivity index (χ1n) is 8.58. The van der Waals surface area contributed by atoms with E-state index in [4.69, 9.17) is 4.98 Å². The van der Waals surface area contributed by atoms with Crippen molar-refractivity contribution in [2.24, 2.45) is 0 Å². The molecule has 0 N–H and O–H groups in total. The quantitative estimate of drug-likeness (QED) is 0.597. The first-order valence-corrected chi connectivity index (χ1v) is 9.38. The number of fused-ring (bicyclic) bond motifs is 1. The van der Waals surface area contributed by atoms with E-state index in [9.17, 15) is 4.79 Å². The molecular weight excluding hydrogens is 376 g/mol. The average Bonchev–Trinajstić information content (AvgIpc) is 3.15. The van der Waals surface area contributed by atoms with Gasteiger partial charge in [-0.05, 0) is 50.1 Å². The number of aromatic nitrogens is 1. The maximum Gasteiger partial charge on any atom is 0.254 e. The molecule has 1 amide bonds. The van der Waals surface area contributed by atoms with Gasteiger partial charge in [-0.25, -0.2) is 4.98 Å². The van der Waals surface area contributed by atoms with Crippen LogP contribution in [0.25, 0.3) is 22.2 Å². The summed E-state index contributed by atoms with van der Waals surface area (Å²) in [6, 6.07) is 16.1. The molecule has 3 aromatic rings. The van der Waals surface area contributed by atoms with E-state index in [0.717, 1.165) is 58.1 Å². The molecule has 1 saturated heterocycles. The molecule has 0 atom stereocenters. The number of amides is 1. The summed E-state index contributed by atoms with van der Waals surface area (Å²) in [5.74, 6) is 0.108. The van der Waals surface area contributed by atoms with Crippen LogP contribution in [-0.4, -0.2) is 28.9 Å². The van der Waals surface area contributed by atoms with Crippen LogP contribution in [0.5, 0.6) is 0 Å². The molecule has 4 heteroatoms. The summed E-state index contributed by atoms with van der Waals surface area (Å²) in [6.07, 6.45) is 2.17. The van der Waals surface area contributed by atoms with Crippen LogP contribution in [0.15, 0.2) is 53.0 Å². The molecule has 1 fully saturated rings. The van der Waals surface area contributed by atoms with Crippen molar-refractivity contribution in [2.45, 2.75) is 19.8 Å². The van der Waals surface area contributed by atoms with Crippen LogP contribution < -0.4 is 0 Å². The maximum atomic E-state index is 13.1. The number of aryl methyl sites for hydroxylation is 1. The third-order valence-electron chi connectivity index (χ3n) is 4.71. The number of carbonyl (C=O) groups excluding carboxylic acids is 1. The Balaban J connectivity index is 1.91. The van der Waals surface area contributed by atoms with E-state index in [2.05, 4.69) is 35.0 Å². The predicted octanol–water partition coefficient (Wildman–Crippen LogP) is 5.21. The Morgan fingerprint density at radius 1 is 1.08 bits per heavy atom. The Hall–Kier alpha value is -2.20. The molecule has 0 radical (unpaired) electrons. The van der Waals surface area contributed by atoms with E-state index in [1.807, 2.05) is 41.3 Å². The van der Waals surface area contributed by atoms with Gasteiger partial charge in [0.15, 0.2) is 0 Å². The SMILES string of the molecule is Cc1cccc(-c2cc(C(=O)N3CCCC3)c3cc(Br)ccc3n2)c1. The van der Waals surface area contributed by atoms with Crippen LogP contribution in [-0.2, 0) is 0 Å². The second kappa shape index (κ2) is 6.60. The predicted molar refractivity (Wildman–Crippen MR) is 105 cm³/mol. The standard InChI is InChI=1S/C21H19BrN2O/c1-14-5-4-6-15(11-14)20-13-18(21(25)24-9-2-3-10-24)17-12-16(22)7-8-19(17)23-20/h4-8,11-13H,2-3,9-10H2,1H3. The molecule has 1 aliphatic heterocycles. The molecule has 0 spiro atoms. The topological polar surface area (TPSA) is 33.2 Å². The van der Waals surface area contributed by atoms with Gasteiger partial charge in [-0.2, -0.15) is 0 Å². The smallest absolute Gasteiger partial charge is 0.254 e. The molecule has 0 saturated carbocycles. The summed E-state index contributed by atoms with van der Waals surface area (Å²) in [4.78, 5) is 19.9. The fourth-order valence-corrected chi connectivity index (χ4v) is 3.78. The number of rotatable bonds is 2. The lowest BCUT2D eigenvalue weighted by Gasteiger charge is -2.17. The molecule has 25 heavy (non-hydrogen) atoms. The highest BCUT2D eigenvalue weighted by Crippen LogP contribution is 2.29. The van der Waals surface area contributed by atoms with Gasteiger partial charge in [0, 0.05) is 28.5 Å². The van der Waals surface area contributed by atoms with Gasteiger partial charge < -0.3 is 4.90 Å². The zero-order valence-corrected chi connectivity index (χ0v) is 15.7. The van der Waals surface area contributed by atoms with Crippen molar-refractivity contribution in [2.75, 3.05) is 13.1 Å². The second-order valence-electron chi connectivity index (χ2n) is 6.59. The van der Waals surface area contributed by atoms with Crippen LogP contribution in [0.2, 0.25) is 0 Å². The van der Waals surface area contributed by atoms with Gasteiger partial charge in [-0.3, -0.25) is 4.79 Å². The van der Waals surface area contributed by atoms with Crippen LogP contribution in [0, 0.1) is 6.92 Å². The monoisotopic (exact) mass is 394 g/mol. The Labute approximate surface area is 155 Å². The Kier molecular flexibility index (Phi) is 4.30. The van der Waals surface area contributed by atoms with Gasteiger partial charge in [0.1, 0.15) is 0 Å². The number of halogens is 1. The first kappa shape index (κ1) is 16.3. The normalized spacial score (nSPS) is 14.2. The Morgan fingerprint density at radius 2 is 1.88 bits per heavy atom. The van der Waals surface area contributed by atoms with Gasteiger partial charge >= 0.3 is 0 Å². The molecule has 2 aromatic carbocycles. The van der Waals surface area contributed by atoms with E-state index >= 15 is 0 Å². The van der Waals surface area contributed by atoms with Gasteiger partial charge in [-0.15, -0.1) is 0 Å². The van der Waals surface area contributed by atoms with E-state index in [1.54, 1.807) is 0 Å². The number of hydrogen-bond acceptors (Lipinski definition) is 2. The number of benzene rings is 2. The molecular formula is C21H19BrN2O. The molecule has 126 valence electrons. The molecule has 3 nitrogen and oxygen atoms in total. The van der Waals surface area contributed by atoms with Crippen LogP contribution in [0.4, 0.5) is 0 Å². The second-order valence-corrected chi connectivity index (χ2v) is 7.50. The number of pyridine rings is 1. The fraction of sp³-hybridized carbons (Fsp3) is 0.238. The van der Waals surface area contributed by atoms with Crippen molar-refractivity contribution >= 4 is 32.7 Å². The summed E-state index contributed by atoms with van der Waals surface area (Å²) in [7, 11) is 0. The molecule has 2 heterocycles. The van der Waals surface area contributed by atoms with Crippen LogP contribution >= 0.6 is 15.9 Å². The van der Waals surface area contributed by atoms with E-state index < -0.39 is 0 Å². The van der Waals surface area contributed by atoms with Crippen LogP contribution in [0.1, 0.15) is 28.8 Å². The van der Waals surface area contributed by atoms with Crippen molar-refractivity contribution in [1.82, 2.24) is 9.88 Å². The number of carbonyl (C=O) groups is 1. The van der Waals surface area contributed by atoms with Crippen LogP contribution in [0.3, 0.4) is 0 Å². The fourth-order valence-electron chi connectivity index (χ4n) is 3.42. The average molecular weight is 395 g/mol.